The van der Waals surface area contributed by atoms with Crippen LogP contribution in [0.4, 0.5) is 0 Å². The molecular formula is C14H17N5O2S. The molecule has 7 nitrogen and oxygen atoms in total. The lowest BCUT2D eigenvalue weighted by Gasteiger charge is -2.33. The predicted molar refractivity (Wildman–Crippen MR) is 79.5 cm³/mol. The van der Waals surface area contributed by atoms with Gasteiger partial charge in [-0.2, -0.15) is 5.10 Å². The van der Waals surface area contributed by atoms with Crippen molar-refractivity contribution in [2.45, 2.75) is 32.0 Å². The first kappa shape index (κ1) is 13.8. The Labute approximate surface area is 131 Å². The molecule has 2 aliphatic rings. The van der Waals surface area contributed by atoms with Gasteiger partial charge >= 0.3 is 0 Å². The second-order valence-electron chi connectivity index (χ2n) is 5.85. The average molecular weight is 319 g/mol. The van der Waals surface area contributed by atoms with E-state index in [0.717, 1.165) is 31.0 Å². The molecule has 0 radical (unpaired) electrons. The number of nitrogens with one attached hydrogen (secondary N) is 1. The summed E-state index contributed by atoms with van der Waals surface area (Å²) in [6.07, 6.45) is 1.90. The lowest BCUT2D eigenvalue weighted by Crippen LogP contribution is -2.45. The van der Waals surface area contributed by atoms with Crippen molar-refractivity contribution in [3.05, 3.63) is 28.2 Å². The van der Waals surface area contributed by atoms with E-state index in [9.17, 15) is 4.79 Å². The Morgan fingerprint density at radius 2 is 2.45 bits per heavy atom. The molecule has 2 fully saturated rings. The van der Waals surface area contributed by atoms with E-state index in [-0.39, 0.29) is 18.1 Å². The minimum absolute atomic E-state index is 0.000453. The molecule has 0 aliphatic carbocycles. The van der Waals surface area contributed by atoms with E-state index >= 15 is 0 Å². The zero-order valence-electron chi connectivity index (χ0n) is 12.2. The quantitative estimate of drug-likeness (QED) is 0.908. The van der Waals surface area contributed by atoms with Crippen LogP contribution in [0.5, 0.6) is 0 Å². The number of hydrogen-bond donors (Lipinski definition) is 1. The molecule has 2 aliphatic heterocycles. The van der Waals surface area contributed by atoms with Crippen molar-refractivity contribution >= 4 is 17.2 Å². The number of aromatic amines is 1. The van der Waals surface area contributed by atoms with Gasteiger partial charge < -0.3 is 9.64 Å². The van der Waals surface area contributed by atoms with Crippen molar-refractivity contribution in [1.29, 1.82) is 0 Å². The molecule has 2 saturated heterocycles. The van der Waals surface area contributed by atoms with Crippen LogP contribution in [0.3, 0.4) is 0 Å². The first-order valence-electron chi connectivity index (χ1n) is 7.42. The number of hydrogen-bond acceptors (Lipinski definition) is 6. The summed E-state index contributed by atoms with van der Waals surface area (Å²) in [4.78, 5) is 22.7. The second kappa shape index (κ2) is 5.44. The third kappa shape index (κ3) is 2.42. The molecule has 0 bridgehead atoms. The monoisotopic (exact) mass is 319 g/mol. The Bertz CT molecular complexity index is 671. The molecule has 1 N–H and O–H groups in total. The molecule has 0 aromatic carbocycles. The summed E-state index contributed by atoms with van der Waals surface area (Å²) in [7, 11) is 0. The Morgan fingerprint density at radius 1 is 1.55 bits per heavy atom. The number of carbonyl (C=O) groups is 1. The highest BCUT2D eigenvalue weighted by atomic mass is 32.1. The average Bonchev–Trinajstić information content (AvgIpc) is 3.25. The molecule has 116 valence electrons. The van der Waals surface area contributed by atoms with Gasteiger partial charge in [0.1, 0.15) is 17.6 Å². The molecule has 22 heavy (non-hydrogen) atoms. The van der Waals surface area contributed by atoms with E-state index < -0.39 is 0 Å². The second-order valence-corrected chi connectivity index (χ2v) is 6.57. The first-order valence-corrected chi connectivity index (χ1v) is 8.37. The first-order chi connectivity index (χ1) is 10.7. The van der Waals surface area contributed by atoms with E-state index in [1.165, 1.54) is 11.3 Å². The van der Waals surface area contributed by atoms with Crippen LogP contribution in [-0.4, -0.2) is 50.2 Å². The van der Waals surface area contributed by atoms with Gasteiger partial charge in [-0.15, -0.1) is 11.3 Å². The normalized spacial score (nSPS) is 27.9. The summed E-state index contributed by atoms with van der Waals surface area (Å²) >= 11 is 1.44. The number of aryl methyl sites for hydroxylation is 1. The highest BCUT2D eigenvalue weighted by Gasteiger charge is 2.42. The molecule has 1 amide bonds. The van der Waals surface area contributed by atoms with Crippen LogP contribution in [0.2, 0.25) is 0 Å². The van der Waals surface area contributed by atoms with Crippen LogP contribution in [-0.2, 0) is 4.74 Å². The number of ether oxygens (including phenoxy) is 1. The zero-order chi connectivity index (χ0) is 15.1. The number of amides is 1. The van der Waals surface area contributed by atoms with Crippen LogP contribution >= 0.6 is 11.3 Å². The Kier molecular flexibility index (Phi) is 3.42. The standard InChI is InChI=1S/C14H17N5O2S/c1-8-16-13(18-17-8)11-4-9-2-3-19(5-12(9)21-11)14(20)10-6-22-7-15-10/h6-7,9,11-12H,2-5H2,1H3,(H,16,17,18)/t9-,11+,12+/m0/s1. The summed E-state index contributed by atoms with van der Waals surface area (Å²) in [5.41, 5.74) is 2.22. The highest BCUT2D eigenvalue weighted by molar-refractivity contribution is 7.07. The zero-order valence-corrected chi connectivity index (χ0v) is 13.0. The lowest BCUT2D eigenvalue weighted by molar-refractivity contribution is -0.00696. The van der Waals surface area contributed by atoms with Gasteiger partial charge in [0, 0.05) is 18.5 Å². The molecule has 2 aromatic rings. The fourth-order valence-electron chi connectivity index (χ4n) is 3.27. The smallest absolute Gasteiger partial charge is 0.273 e. The predicted octanol–water partition coefficient (Wildman–Crippen LogP) is 1.56. The van der Waals surface area contributed by atoms with Gasteiger partial charge in [0.15, 0.2) is 5.82 Å². The van der Waals surface area contributed by atoms with Crippen molar-refractivity contribution in [1.82, 2.24) is 25.1 Å². The Hall–Kier alpha value is -1.80. The van der Waals surface area contributed by atoms with Crippen molar-refractivity contribution in [2.24, 2.45) is 5.92 Å². The minimum Gasteiger partial charge on any atom is -0.365 e. The molecule has 0 saturated carbocycles. The summed E-state index contributed by atoms with van der Waals surface area (Å²) < 4.78 is 6.11. The third-order valence-electron chi connectivity index (χ3n) is 4.39. The van der Waals surface area contributed by atoms with Crippen LogP contribution in [0.1, 0.15) is 41.1 Å². The van der Waals surface area contributed by atoms with Crippen molar-refractivity contribution in [3.63, 3.8) is 0 Å². The number of carbonyl (C=O) groups excluding carboxylic acids is 1. The number of likely N-dealkylation sites (tertiary alicyclic amines) is 1. The van der Waals surface area contributed by atoms with E-state index in [1.807, 2.05) is 11.8 Å². The van der Waals surface area contributed by atoms with Crippen molar-refractivity contribution in [2.75, 3.05) is 13.1 Å². The number of aromatic nitrogens is 4. The SMILES string of the molecule is Cc1nc([C@H]2C[C@@H]3CCN(C(=O)c4cscn4)C[C@H]3O2)n[nH]1. The maximum Gasteiger partial charge on any atom is 0.273 e. The third-order valence-corrected chi connectivity index (χ3v) is 4.98. The molecule has 8 heteroatoms. The number of thiazole rings is 1. The number of H-pyrrole nitrogens is 1. The highest BCUT2D eigenvalue weighted by Crippen LogP contribution is 2.40. The van der Waals surface area contributed by atoms with Crippen LogP contribution in [0, 0.1) is 12.8 Å². The summed E-state index contributed by atoms with van der Waals surface area (Å²) in [5, 5.41) is 8.85. The maximum absolute atomic E-state index is 12.4. The number of nitrogens with zero attached hydrogens (tertiary/aromatic N) is 4. The molecule has 0 spiro atoms. The minimum atomic E-state index is -0.0609. The van der Waals surface area contributed by atoms with Gasteiger partial charge in [-0.05, 0) is 25.7 Å². The fraction of sp³-hybridized carbons (Fsp3) is 0.571. The fourth-order valence-corrected chi connectivity index (χ4v) is 3.79. The maximum atomic E-state index is 12.4. The van der Waals surface area contributed by atoms with Gasteiger partial charge in [-0.3, -0.25) is 9.89 Å². The Balaban J connectivity index is 1.44. The van der Waals surface area contributed by atoms with Crippen molar-refractivity contribution < 1.29 is 9.53 Å². The van der Waals surface area contributed by atoms with Crippen molar-refractivity contribution in [3.8, 4) is 0 Å². The molecular weight excluding hydrogens is 302 g/mol. The molecule has 2 aromatic heterocycles. The van der Waals surface area contributed by atoms with Gasteiger partial charge in [-0.25, -0.2) is 9.97 Å². The van der Waals surface area contributed by atoms with Gasteiger partial charge in [0.2, 0.25) is 0 Å². The summed E-state index contributed by atoms with van der Waals surface area (Å²) in [5.74, 6) is 2.00. The van der Waals surface area contributed by atoms with Crippen LogP contribution < -0.4 is 0 Å². The number of fused-ring (bicyclic) bond motifs is 1. The molecule has 0 unspecified atom stereocenters. The molecule has 4 rings (SSSR count). The van der Waals surface area contributed by atoms with E-state index in [4.69, 9.17) is 4.74 Å². The van der Waals surface area contributed by atoms with E-state index in [0.29, 0.717) is 18.2 Å². The molecule has 3 atom stereocenters. The van der Waals surface area contributed by atoms with Gasteiger partial charge in [0.25, 0.3) is 5.91 Å². The molecule has 4 heterocycles. The number of piperidine rings is 1. The number of rotatable bonds is 2. The lowest BCUT2D eigenvalue weighted by atomic mass is 9.91. The van der Waals surface area contributed by atoms with Crippen LogP contribution in [0.15, 0.2) is 10.9 Å². The largest absolute Gasteiger partial charge is 0.365 e. The topological polar surface area (TPSA) is 84.0 Å². The van der Waals surface area contributed by atoms with E-state index in [1.54, 1.807) is 10.9 Å². The summed E-state index contributed by atoms with van der Waals surface area (Å²) in [6, 6.07) is 0. The van der Waals surface area contributed by atoms with Crippen LogP contribution in [0.25, 0.3) is 0 Å². The van der Waals surface area contributed by atoms with Gasteiger partial charge in [-0.1, -0.05) is 0 Å². The van der Waals surface area contributed by atoms with Gasteiger partial charge in [0.05, 0.1) is 11.6 Å². The summed E-state index contributed by atoms with van der Waals surface area (Å²) in [6.45, 7) is 3.27. The van der Waals surface area contributed by atoms with E-state index in [2.05, 4.69) is 20.2 Å². The Morgan fingerprint density at radius 3 is 3.18 bits per heavy atom.